The zero-order chi connectivity index (χ0) is 22.0. The highest BCUT2D eigenvalue weighted by Gasteiger charge is 2.45. The van der Waals surface area contributed by atoms with Crippen molar-refractivity contribution in [3.8, 4) is 0 Å². The molecule has 4 heterocycles. The molecule has 3 fully saturated rings. The van der Waals surface area contributed by atoms with Gasteiger partial charge in [-0.1, -0.05) is 13.8 Å². The number of hydrogen-bond acceptors (Lipinski definition) is 6. The van der Waals surface area contributed by atoms with Gasteiger partial charge in [0, 0.05) is 50.9 Å². The van der Waals surface area contributed by atoms with E-state index in [4.69, 9.17) is 9.47 Å². The van der Waals surface area contributed by atoms with Crippen LogP contribution in [0, 0.1) is 5.92 Å². The monoisotopic (exact) mass is 433 g/mol. The van der Waals surface area contributed by atoms with Crippen molar-refractivity contribution in [3.05, 3.63) is 18.5 Å². The molecule has 3 saturated heterocycles. The summed E-state index contributed by atoms with van der Waals surface area (Å²) in [7, 11) is 0. The molecule has 2 amide bonds. The van der Waals surface area contributed by atoms with Crippen molar-refractivity contribution in [1.82, 2.24) is 24.9 Å². The molecule has 2 atom stereocenters. The van der Waals surface area contributed by atoms with Crippen molar-refractivity contribution in [2.45, 2.75) is 63.9 Å². The Morgan fingerprint density at radius 3 is 2.74 bits per heavy atom. The van der Waals surface area contributed by atoms with E-state index in [2.05, 4.69) is 24.3 Å². The Balaban J connectivity index is 1.30. The fourth-order valence-corrected chi connectivity index (χ4v) is 4.90. The van der Waals surface area contributed by atoms with Crippen LogP contribution in [0.2, 0.25) is 0 Å². The van der Waals surface area contributed by atoms with E-state index in [0.29, 0.717) is 45.1 Å². The molecule has 0 aliphatic carbocycles. The first kappa shape index (κ1) is 22.2. The van der Waals surface area contributed by atoms with Crippen LogP contribution < -0.4 is 5.32 Å². The van der Waals surface area contributed by atoms with Gasteiger partial charge in [0.15, 0.2) is 5.79 Å². The van der Waals surface area contributed by atoms with Crippen LogP contribution >= 0.6 is 0 Å². The predicted octanol–water partition coefficient (Wildman–Crippen LogP) is 1.02. The molecular formula is C22H35N5O4. The van der Waals surface area contributed by atoms with E-state index in [0.717, 1.165) is 13.0 Å². The third-order valence-electron chi connectivity index (χ3n) is 6.58. The van der Waals surface area contributed by atoms with E-state index < -0.39 is 5.79 Å². The minimum atomic E-state index is -0.632. The van der Waals surface area contributed by atoms with E-state index in [-0.39, 0.29) is 36.5 Å². The van der Waals surface area contributed by atoms with Crippen molar-refractivity contribution >= 4 is 11.8 Å². The Morgan fingerprint density at radius 2 is 2.10 bits per heavy atom. The van der Waals surface area contributed by atoms with E-state index in [1.165, 1.54) is 0 Å². The van der Waals surface area contributed by atoms with Gasteiger partial charge in [0.05, 0.1) is 31.8 Å². The molecule has 1 aromatic heterocycles. The van der Waals surface area contributed by atoms with Gasteiger partial charge in [0.2, 0.25) is 11.8 Å². The fourth-order valence-electron chi connectivity index (χ4n) is 4.90. The Labute approximate surface area is 184 Å². The zero-order valence-electron chi connectivity index (χ0n) is 18.8. The van der Waals surface area contributed by atoms with Gasteiger partial charge >= 0.3 is 0 Å². The number of piperidine rings is 1. The number of piperazine rings is 1. The van der Waals surface area contributed by atoms with Gasteiger partial charge in [-0.25, -0.2) is 0 Å². The molecule has 1 aromatic rings. The molecule has 1 spiro atoms. The van der Waals surface area contributed by atoms with Gasteiger partial charge < -0.3 is 24.6 Å². The molecule has 3 aliphatic heterocycles. The number of carbonyl (C=O) groups excluding carboxylic acids is 2. The number of aromatic nitrogens is 2. The predicted molar refractivity (Wildman–Crippen MR) is 114 cm³/mol. The largest absolute Gasteiger partial charge is 0.347 e. The maximum Gasteiger partial charge on any atom is 0.242 e. The Morgan fingerprint density at radius 1 is 1.32 bits per heavy atom. The van der Waals surface area contributed by atoms with Crippen molar-refractivity contribution < 1.29 is 19.1 Å². The summed E-state index contributed by atoms with van der Waals surface area (Å²) >= 11 is 0. The summed E-state index contributed by atoms with van der Waals surface area (Å²) in [4.78, 5) is 29.4. The lowest BCUT2D eigenvalue weighted by atomic mass is 9.95. The molecule has 1 N–H and O–H groups in total. The Hall–Kier alpha value is -1.97. The Bertz CT molecular complexity index is 760. The number of ether oxygens (including phenoxy) is 2. The molecule has 172 valence electrons. The second-order valence-corrected chi connectivity index (χ2v) is 9.46. The minimum Gasteiger partial charge on any atom is -0.347 e. The highest BCUT2D eigenvalue weighted by molar-refractivity contribution is 5.88. The molecule has 9 heteroatoms. The number of carbonyl (C=O) groups is 2. The van der Waals surface area contributed by atoms with Crippen LogP contribution in [-0.2, 0) is 19.1 Å². The summed E-state index contributed by atoms with van der Waals surface area (Å²) in [5, 5.41) is 7.56. The molecule has 0 aromatic carbocycles. The average molecular weight is 434 g/mol. The first-order valence-electron chi connectivity index (χ1n) is 11.5. The molecule has 31 heavy (non-hydrogen) atoms. The number of nitrogens with one attached hydrogen (secondary N) is 1. The van der Waals surface area contributed by atoms with Crippen LogP contribution in [0.3, 0.4) is 0 Å². The SMILES string of the molecule is CC(C)CC1NCCN(CC(=O)N2CCC3(CC2C)OCC(n2cccn2)CO3)C1=O. The second-order valence-electron chi connectivity index (χ2n) is 9.46. The van der Waals surface area contributed by atoms with Crippen molar-refractivity contribution in [2.24, 2.45) is 5.92 Å². The summed E-state index contributed by atoms with van der Waals surface area (Å²) in [5.41, 5.74) is 0. The molecule has 0 radical (unpaired) electrons. The van der Waals surface area contributed by atoms with E-state index >= 15 is 0 Å². The van der Waals surface area contributed by atoms with Crippen molar-refractivity contribution in [3.63, 3.8) is 0 Å². The number of rotatable bonds is 5. The third-order valence-corrected chi connectivity index (χ3v) is 6.58. The molecular weight excluding hydrogens is 398 g/mol. The van der Waals surface area contributed by atoms with Gasteiger partial charge in [-0.3, -0.25) is 14.3 Å². The van der Waals surface area contributed by atoms with Crippen LogP contribution in [0.1, 0.15) is 46.1 Å². The lowest BCUT2D eigenvalue weighted by Gasteiger charge is -2.48. The third kappa shape index (κ3) is 4.94. The van der Waals surface area contributed by atoms with Crippen LogP contribution in [0.5, 0.6) is 0 Å². The molecule has 2 unspecified atom stereocenters. The van der Waals surface area contributed by atoms with Gasteiger partial charge in [-0.05, 0) is 25.3 Å². The van der Waals surface area contributed by atoms with Gasteiger partial charge in [-0.2, -0.15) is 5.10 Å². The standard InChI is InChI=1S/C22H35N5O4/c1-16(2)11-19-21(29)25(10-7-23-19)13-20(28)26-9-5-22(12-17(26)3)30-14-18(15-31-22)27-8-4-6-24-27/h4,6,8,16-19,23H,5,7,9-15H2,1-3H3. The minimum absolute atomic E-state index is 0.00567. The van der Waals surface area contributed by atoms with Crippen molar-refractivity contribution in [1.29, 1.82) is 0 Å². The normalized spacial score (nSPS) is 32.1. The summed E-state index contributed by atoms with van der Waals surface area (Å²) in [6, 6.07) is 1.78. The fraction of sp³-hybridized carbons (Fsp3) is 0.773. The number of amides is 2. The summed E-state index contributed by atoms with van der Waals surface area (Å²) < 4.78 is 14.2. The van der Waals surface area contributed by atoms with Crippen LogP contribution in [0.4, 0.5) is 0 Å². The highest BCUT2D eigenvalue weighted by Crippen LogP contribution is 2.36. The zero-order valence-corrected chi connectivity index (χ0v) is 18.8. The maximum atomic E-state index is 13.0. The molecule has 0 saturated carbocycles. The lowest BCUT2D eigenvalue weighted by molar-refractivity contribution is -0.300. The van der Waals surface area contributed by atoms with Crippen LogP contribution in [0.25, 0.3) is 0 Å². The Kier molecular flexibility index (Phi) is 6.64. The van der Waals surface area contributed by atoms with E-state index in [1.807, 2.05) is 28.8 Å². The summed E-state index contributed by atoms with van der Waals surface area (Å²) in [6.45, 7) is 9.38. The number of hydrogen-bond donors (Lipinski definition) is 1. The number of likely N-dealkylation sites (tertiary alicyclic amines) is 1. The highest BCUT2D eigenvalue weighted by atomic mass is 16.7. The average Bonchev–Trinajstić information content (AvgIpc) is 3.26. The molecule has 4 rings (SSSR count). The number of nitrogens with zero attached hydrogens (tertiary/aromatic N) is 4. The first-order chi connectivity index (χ1) is 14.9. The smallest absolute Gasteiger partial charge is 0.242 e. The van der Waals surface area contributed by atoms with Gasteiger partial charge in [0.1, 0.15) is 0 Å². The molecule has 3 aliphatic rings. The molecule has 9 nitrogen and oxygen atoms in total. The quantitative estimate of drug-likeness (QED) is 0.746. The summed E-state index contributed by atoms with van der Waals surface area (Å²) in [5.74, 6) is -0.157. The summed E-state index contributed by atoms with van der Waals surface area (Å²) in [6.07, 6.45) is 5.74. The van der Waals surface area contributed by atoms with E-state index in [1.54, 1.807) is 11.1 Å². The second kappa shape index (κ2) is 9.26. The molecule has 0 bridgehead atoms. The topological polar surface area (TPSA) is 88.9 Å². The van der Waals surface area contributed by atoms with Crippen LogP contribution in [0.15, 0.2) is 18.5 Å². The van der Waals surface area contributed by atoms with Crippen molar-refractivity contribution in [2.75, 3.05) is 39.4 Å². The van der Waals surface area contributed by atoms with Gasteiger partial charge in [-0.15, -0.1) is 0 Å². The lowest BCUT2D eigenvalue weighted by Crippen LogP contribution is -2.60. The van der Waals surface area contributed by atoms with Crippen LogP contribution in [-0.4, -0.2) is 88.7 Å². The first-order valence-corrected chi connectivity index (χ1v) is 11.5. The maximum absolute atomic E-state index is 13.0. The van der Waals surface area contributed by atoms with Gasteiger partial charge in [0.25, 0.3) is 0 Å². The van der Waals surface area contributed by atoms with E-state index in [9.17, 15) is 9.59 Å².